The van der Waals surface area contributed by atoms with Gasteiger partial charge >= 0.3 is 11.8 Å². The molecule has 0 aliphatic carbocycles. The molecule has 5 rings (SSSR count). The number of aromatic nitrogens is 4. The summed E-state index contributed by atoms with van der Waals surface area (Å²) in [6.45, 7) is 0.914. The number of anilines is 2. The van der Waals surface area contributed by atoms with E-state index in [0.29, 0.717) is 33.8 Å². The van der Waals surface area contributed by atoms with Gasteiger partial charge in [-0.05, 0) is 43.0 Å². The Morgan fingerprint density at radius 2 is 1.97 bits per heavy atom. The highest BCUT2D eigenvalue weighted by atomic mass is 35.5. The van der Waals surface area contributed by atoms with Crippen molar-refractivity contribution in [1.29, 1.82) is 0 Å². The summed E-state index contributed by atoms with van der Waals surface area (Å²) in [7, 11) is 0. The topological polar surface area (TPSA) is 128 Å². The largest absolute Gasteiger partial charge is 0.383 e. The summed E-state index contributed by atoms with van der Waals surface area (Å²) < 4.78 is 7.52. The lowest BCUT2D eigenvalue weighted by Gasteiger charge is -2.22. The van der Waals surface area contributed by atoms with Gasteiger partial charge in [-0.25, -0.2) is 9.67 Å². The minimum atomic E-state index is -0.834. The smallest absolute Gasteiger partial charge is 0.314 e. The third-order valence-corrected chi connectivity index (χ3v) is 6.54. The number of nitrogen functional groups attached to an aromatic ring is 1. The van der Waals surface area contributed by atoms with Crippen LogP contribution in [-0.4, -0.2) is 43.1 Å². The number of nitrogens with one attached hydrogen (secondary N) is 1. The molecule has 1 aliphatic rings. The molecule has 1 saturated heterocycles. The number of nitrogens with two attached hydrogens (primary N) is 1. The van der Waals surface area contributed by atoms with Crippen LogP contribution in [0.15, 0.2) is 61.1 Å². The first-order chi connectivity index (χ1) is 18.0. The fourth-order valence-corrected chi connectivity index (χ4v) is 4.45. The van der Waals surface area contributed by atoms with Crippen LogP contribution in [0.5, 0.6) is 0 Å². The van der Waals surface area contributed by atoms with Crippen LogP contribution in [-0.2, 0) is 27.4 Å². The van der Waals surface area contributed by atoms with E-state index in [1.54, 1.807) is 41.3 Å². The predicted octanol–water partition coefficient (Wildman–Crippen LogP) is 3.93. The highest BCUT2D eigenvalue weighted by Gasteiger charge is 2.26. The molecule has 11 heteroatoms. The van der Waals surface area contributed by atoms with Gasteiger partial charge in [0.1, 0.15) is 17.6 Å². The van der Waals surface area contributed by atoms with Crippen LogP contribution in [0, 0.1) is 0 Å². The third-order valence-electron chi connectivity index (χ3n) is 6.17. The van der Waals surface area contributed by atoms with Crippen molar-refractivity contribution in [2.24, 2.45) is 0 Å². The Hall–Kier alpha value is -4.02. The van der Waals surface area contributed by atoms with E-state index in [2.05, 4.69) is 20.4 Å². The van der Waals surface area contributed by atoms with Gasteiger partial charge in [-0.1, -0.05) is 35.9 Å². The minimum absolute atomic E-state index is 0.126. The van der Waals surface area contributed by atoms with Crippen molar-refractivity contribution in [2.75, 3.05) is 17.7 Å². The Bertz CT molecular complexity index is 1420. The maximum atomic E-state index is 13.4. The van der Waals surface area contributed by atoms with Crippen LogP contribution >= 0.6 is 11.6 Å². The molecule has 0 spiro atoms. The van der Waals surface area contributed by atoms with Gasteiger partial charge in [0.2, 0.25) is 0 Å². The van der Waals surface area contributed by atoms with E-state index in [4.69, 9.17) is 22.1 Å². The zero-order valence-corrected chi connectivity index (χ0v) is 20.8. The second-order valence-corrected chi connectivity index (χ2v) is 9.18. The van der Waals surface area contributed by atoms with E-state index >= 15 is 0 Å². The summed E-state index contributed by atoms with van der Waals surface area (Å²) in [6, 6.07) is 12.6. The van der Waals surface area contributed by atoms with E-state index in [-0.39, 0.29) is 30.8 Å². The summed E-state index contributed by atoms with van der Waals surface area (Å²) in [5.74, 6) is -1.30. The van der Waals surface area contributed by atoms with Gasteiger partial charge in [-0.15, -0.1) is 0 Å². The zero-order valence-electron chi connectivity index (χ0n) is 20.0. The van der Waals surface area contributed by atoms with Crippen LogP contribution in [0.25, 0.3) is 10.9 Å². The highest BCUT2D eigenvalue weighted by Crippen LogP contribution is 2.29. The standard InChI is InChI=1S/C26H26ClN7O3/c27-20-9-2-1-7-17(20)14-33(15-18-8-3-5-11-29-18)26(36)25(35)31-21-13-30-24(28)19-16-34(32-23(19)21)22-10-4-6-12-37-22/h1-3,5,7-9,11,13,16,22H,4,6,10,12,14-15H2,(H2,28,30)(H,31,35). The van der Waals surface area contributed by atoms with E-state index < -0.39 is 11.8 Å². The molecule has 2 amide bonds. The van der Waals surface area contributed by atoms with Crippen molar-refractivity contribution in [3.63, 3.8) is 0 Å². The molecule has 4 aromatic rings. The predicted molar refractivity (Wildman–Crippen MR) is 139 cm³/mol. The lowest BCUT2D eigenvalue weighted by atomic mass is 10.2. The highest BCUT2D eigenvalue weighted by molar-refractivity contribution is 6.40. The normalized spacial score (nSPS) is 15.4. The van der Waals surface area contributed by atoms with Gasteiger partial charge in [0.05, 0.1) is 29.5 Å². The van der Waals surface area contributed by atoms with Crippen LogP contribution < -0.4 is 11.1 Å². The first-order valence-electron chi connectivity index (χ1n) is 12.0. The monoisotopic (exact) mass is 519 g/mol. The number of nitrogens with zero attached hydrogens (tertiary/aromatic N) is 5. The van der Waals surface area contributed by atoms with Crippen molar-refractivity contribution in [3.8, 4) is 0 Å². The molecule has 1 aliphatic heterocycles. The molecule has 3 aromatic heterocycles. The Kier molecular flexibility index (Phi) is 7.29. The molecule has 4 heterocycles. The summed E-state index contributed by atoms with van der Waals surface area (Å²) in [5.41, 5.74) is 8.15. The average molecular weight is 520 g/mol. The van der Waals surface area contributed by atoms with Crippen LogP contribution in [0.4, 0.5) is 11.5 Å². The summed E-state index contributed by atoms with van der Waals surface area (Å²) in [4.78, 5) is 36.4. The number of carbonyl (C=O) groups excluding carboxylic acids is 2. The number of hydrogen-bond donors (Lipinski definition) is 2. The fraction of sp³-hybridized carbons (Fsp3) is 0.269. The summed E-state index contributed by atoms with van der Waals surface area (Å²) >= 11 is 6.34. The number of rotatable bonds is 6. The maximum absolute atomic E-state index is 13.4. The minimum Gasteiger partial charge on any atom is -0.383 e. The van der Waals surface area contributed by atoms with Gasteiger partial charge in [0.15, 0.2) is 0 Å². The summed E-state index contributed by atoms with van der Waals surface area (Å²) in [6.07, 6.45) is 7.45. The quantitative estimate of drug-likeness (QED) is 0.369. The Balaban J connectivity index is 1.40. The molecule has 0 bridgehead atoms. The Morgan fingerprint density at radius 1 is 1.14 bits per heavy atom. The molecule has 190 valence electrons. The van der Waals surface area contributed by atoms with Crippen LogP contribution in [0.1, 0.15) is 36.7 Å². The van der Waals surface area contributed by atoms with Crippen molar-refractivity contribution in [2.45, 2.75) is 38.6 Å². The molecule has 3 N–H and O–H groups in total. The van der Waals surface area contributed by atoms with Crippen molar-refractivity contribution in [1.82, 2.24) is 24.6 Å². The fourth-order valence-electron chi connectivity index (χ4n) is 4.25. The van der Waals surface area contributed by atoms with E-state index in [1.165, 1.54) is 11.1 Å². The molecule has 1 unspecified atom stereocenters. The Labute approximate surface area is 218 Å². The second kappa shape index (κ2) is 10.9. The van der Waals surface area contributed by atoms with Crippen molar-refractivity contribution < 1.29 is 14.3 Å². The van der Waals surface area contributed by atoms with Crippen LogP contribution in [0.3, 0.4) is 0 Å². The number of benzene rings is 1. The van der Waals surface area contributed by atoms with E-state index in [0.717, 1.165) is 19.3 Å². The number of hydrogen-bond acceptors (Lipinski definition) is 7. The number of carbonyl (C=O) groups is 2. The molecule has 0 saturated carbocycles. The number of amides is 2. The molecule has 37 heavy (non-hydrogen) atoms. The van der Waals surface area contributed by atoms with Crippen molar-refractivity contribution >= 4 is 45.8 Å². The van der Waals surface area contributed by atoms with Gasteiger partial charge in [-0.3, -0.25) is 14.6 Å². The molecule has 1 fully saturated rings. The van der Waals surface area contributed by atoms with Crippen LogP contribution in [0.2, 0.25) is 5.02 Å². The van der Waals surface area contributed by atoms with Gasteiger partial charge < -0.3 is 20.7 Å². The SMILES string of the molecule is Nc1ncc(NC(=O)C(=O)N(Cc2ccccn2)Cc2ccccc2Cl)c2nn(C3CCCCO3)cc12. The molecule has 10 nitrogen and oxygen atoms in total. The summed E-state index contributed by atoms with van der Waals surface area (Å²) in [5, 5.41) is 8.35. The number of halogens is 1. The van der Waals surface area contributed by atoms with Crippen molar-refractivity contribution in [3.05, 3.63) is 77.3 Å². The average Bonchev–Trinajstić information content (AvgIpc) is 3.39. The molecule has 0 radical (unpaired) electrons. The second-order valence-electron chi connectivity index (χ2n) is 8.78. The lowest BCUT2D eigenvalue weighted by molar-refractivity contribution is -0.144. The number of ether oxygens (including phenoxy) is 1. The van der Waals surface area contributed by atoms with Gasteiger partial charge in [0.25, 0.3) is 0 Å². The Morgan fingerprint density at radius 3 is 2.73 bits per heavy atom. The molecule has 1 aromatic carbocycles. The number of pyridine rings is 2. The lowest BCUT2D eigenvalue weighted by Crippen LogP contribution is -2.39. The van der Waals surface area contributed by atoms with Gasteiger partial charge in [0, 0.05) is 30.6 Å². The maximum Gasteiger partial charge on any atom is 0.314 e. The molecule has 1 atom stereocenters. The molecular formula is C26H26ClN7O3. The molecular weight excluding hydrogens is 494 g/mol. The van der Waals surface area contributed by atoms with Gasteiger partial charge in [-0.2, -0.15) is 5.10 Å². The van der Waals surface area contributed by atoms with E-state index in [1.807, 2.05) is 18.2 Å². The third kappa shape index (κ3) is 5.55. The first kappa shape index (κ1) is 24.7. The van der Waals surface area contributed by atoms with E-state index in [9.17, 15) is 9.59 Å². The first-order valence-corrected chi connectivity index (χ1v) is 12.4. The zero-order chi connectivity index (χ0) is 25.8. The number of fused-ring (bicyclic) bond motifs is 1.